The molecule has 8 heteroatoms. The highest BCUT2D eigenvalue weighted by atomic mass is 16.6. The Hall–Kier alpha value is -2.77. The van der Waals surface area contributed by atoms with Crippen LogP contribution in [0.3, 0.4) is 0 Å². The van der Waals surface area contributed by atoms with Crippen LogP contribution in [0.4, 0.5) is 5.82 Å². The molecule has 1 aliphatic rings. The number of carboxylic acids is 1. The zero-order valence-corrected chi connectivity index (χ0v) is 11.0. The van der Waals surface area contributed by atoms with Crippen LogP contribution >= 0.6 is 0 Å². The van der Waals surface area contributed by atoms with Crippen LogP contribution in [0.25, 0.3) is 5.82 Å². The maximum absolute atomic E-state index is 11.4. The number of nitrogens with zero attached hydrogens (tertiary/aromatic N) is 4. The molecule has 21 heavy (non-hydrogen) atoms. The van der Waals surface area contributed by atoms with Gasteiger partial charge in [-0.1, -0.05) is 0 Å². The molecule has 0 fully saturated rings. The van der Waals surface area contributed by atoms with Crippen molar-refractivity contribution >= 4 is 11.8 Å². The van der Waals surface area contributed by atoms with Crippen LogP contribution in [0.15, 0.2) is 18.3 Å². The molecule has 0 spiro atoms. The molecule has 0 radical (unpaired) electrons. The standard InChI is InChI=1S/C13H12N4O4/c18-13(19)9-7-8-3-1-2-4-10(8)14-12(9)16-6-5-11(15-16)17(20)21/h5-7H,1-4H2,(H,18,19). The molecule has 0 aliphatic heterocycles. The summed E-state index contributed by atoms with van der Waals surface area (Å²) in [6, 6.07) is 2.82. The molecule has 0 saturated carbocycles. The van der Waals surface area contributed by atoms with E-state index in [1.807, 2.05) is 0 Å². The zero-order chi connectivity index (χ0) is 15.0. The topological polar surface area (TPSA) is 111 Å². The Bertz CT molecular complexity index is 738. The van der Waals surface area contributed by atoms with Crippen molar-refractivity contribution in [2.45, 2.75) is 25.7 Å². The molecule has 0 saturated heterocycles. The van der Waals surface area contributed by atoms with Crippen molar-refractivity contribution < 1.29 is 14.8 Å². The number of rotatable bonds is 3. The van der Waals surface area contributed by atoms with Gasteiger partial charge in [0.05, 0.1) is 17.4 Å². The highest BCUT2D eigenvalue weighted by Crippen LogP contribution is 2.24. The fourth-order valence-corrected chi connectivity index (χ4v) is 2.48. The third-order valence-electron chi connectivity index (χ3n) is 3.49. The lowest BCUT2D eigenvalue weighted by Crippen LogP contribution is -2.14. The minimum Gasteiger partial charge on any atom is -0.478 e. The van der Waals surface area contributed by atoms with E-state index in [0.717, 1.165) is 41.6 Å². The Morgan fingerprint density at radius 2 is 2.14 bits per heavy atom. The Labute approximate surface area is 119 Å². The number of hydrogen-bond acceptors (Lipinski definition) is 5. The summed E-state index contributed by atoms with van der Waals surface area (Å²) in [5.41, 5.74) is 1.79. The number of aromatic carboxylic acids is 1. The van der Waals surface area contributed by atoms with Gasteiger partial charge in [-0.05, 0) is 42.2 Å². The van der Waals surface area contributed by atoms with Gasteiger partial charge in [0.25, 0.3) is 0 Å². The van der Waals surface area contributed by atoms with Crippen molar-refractivity contribution in [3.8, 4) is 5.82 Å². The highest BCUT2D eigenvalue weighted by molar-refractivity contribution is 5.91. The minimum absolute atomic E-state index is 0.00801. The molecular formula is C13H12N4O4. The van der Waals surface area contributed by atoms with Crippen LogP contribution in [-0.2, 0) is 12.8 Å². The van der Waals surface area contributed by atoms with Crippen molar-refractivity contribution in [1.29, 1.82) is 0 Å². The molecule has 0 amide bonds. The van der Waals surface area contributed by atoms with Crippen LogP contribution in [0.5, 0.6) is 0 Å². The summed E-state index contributed by atoms with van der Waals surface area (Å²) < 4.78 is 1.15. The maximum atomic E-state index is 11.4. The van der Waals surface area contributed by atoms with E-state index in [9.17, 15) is 20.0 Å². The maximum Gasteiger partial charge on any atom is 0.390 e. The molecule has 1 aliphatic carbocycles. The second-order valence-electron chi connectivity index (χ2n) is 4.85. The molecule has 0 bridgehead atoms. The van der Waals surface area contributed by atoms with Crippen molar-refractivity contribution in [1.82, 2.24) is 14.8 Å². The van der Waals surface area contributed by atoms with Crippen molar-refractivity contribution in [2.75, 3.05) is 0 Å². The molecule has 0 aromatic carbocycles. The summed E-state index contributed by atoms with van der Waals surface area (Å²) in [5.74, 6) is -1.34. The van der Waals surface area contributed by atoms with Gasteiger partial charge in [-0.15, -0.1) is 4.68 Å². The summed E-state index contributed by atoms with van der Waals surface area (Å²) in [6.07, 6.45) is 4.96. The van der Waals surface area contributed by atoms with Crippen molar-refractivity contribution in [3.05, 3.63) is 45.3 Å². The van der Waals surface area contributed by atoms with E-state index in [-0.39, 0.29) is 17.2 Å². The summed E-state index contributed by atoms with van der Waals surface area (Å²) in [6.45, 7) is 0. The second kappa shape index (κ2) is 4.97. The third kappa shape index (κ3) is 2.35. The van der Waals surface area contributed by atoms with Crippen LogP contribution < -0.4 is 0 Å². The number of fused-ring (bicyclic) bond motifs is 1. The summed E-state index contributed by atoms with van der Waals surface area (Å²) in [5, 5.41) is 23.8. The van der Waals surface area contributed by atoms with Gasteiger partial charge in [0.2, 0.25) is 0 Å². The summed E-state index contributed by atoms with van der Waals surface area (Å²) >= 11 is 0. The monoisotopic (exact) mass is 288 g/mol. The Morgan fingerprint density at radius 1 is 1.38 bits per heavy atom. The summed E-state index contributed by atoms with van der Waals surface area (Å²) in [4.78, 5) is 25.8. The van der Waals surface area contributed by atoms with Gasteiger partial charge < -0.3 is 15.2 Å². The smallest absolute Gasteiger partial charge is 0.390 e. The molecule has 2 heterocycles. The molecule has 108 valence electrons. The van der Waals surface area contributed by atoms with E-state index in [1.54, 1.807) is 6.07 Å². The van der Waals surface area contributed by atoms with Crippen LogP contribution in [0.2, 0.25) is 0 Å². The SMILES string of the molecule is O=C(O)c1cc2c(nc1-n1ccc([N+](=O)[O-])n1)CCCC2. The number of aromatic nitrogens is 3. The predicted molar refractivity (Wildman–Crippen MR) is 71.6 cm³/mol. The average Bonchev–Trinajstić information content (AvgIpc) is 2.95. The van der Waals surface area contributed by atoms with Crippen LogP contribution in [0, 0.1) is 10.1 Å². The fraction of sp³-hybridized carbons (Fsp3) is 0.308. The molecule has 8 nitrogen and oxygen atoms in total. The first kappa shape index (κ1) is 13.2. The average molecular weight is 288 g/mol. The molecule has 0 atom stereocenters. The van der Waals surface area contributed by atoms with Crippen LogP contribution in [-0.4, -0.2) is 30.8 Å². The third-order valence-corrected chi connectivity index (χ3v) is 3.49. The lowest BCUT2D eigenvalue weighted by atomic mass is 9.95. The second-order valence-corrected chi connectivity index (χ2v) is 4.85. The van der Waals surface area contributed by atoms with E-state index in [0.29, 0.717) is 0 Å². The van der Waals surface area contributed by atoms with Crippen molar-refractivity contribution in [3.63, 3.8) is 0 Å². The molecule has 2 aromatic rings. The predicted octanol–water partition coefficient (Wildman–Crippen LogP) is 1.75. The minimum atomic E-state index is -1.12. The quantitative estimate of drug-likeness (QED) is 0.680. The molecule has 3 rings (SSSR count). The van der Waals surface area contributed by atoms with Gasteiger partial charge in [0, 0.05) is 5.69 Å². The molecular weight excluding hydrogens is 276 g/mol. The van der Waals surface area contributed by atoms with Gasteiger partial charge >= 0.3 is 11.8 Å². The van der Waals surface area contributed by atoms with E-state index < -0.39 is 10.9 Å². The van der Waals surface area contributed by atoms with Crippen molar-refractivity contribution in [2.24, 2.45) is 0 Å². The van der Waals surface area contributed by atoms with E-state index >= 15 is 0 Å². The highest BCUT2D eigenvalue weighted by Gasteiger charge is 2.23. The number of carbonyl (C=O) groups is 1. The fourth-order valence-electron chi connectivity index (χ4n) is 2.48. The number of aryl methyl sites for hydroxylation is 2. The first-order valence-electron chi connectivity index (χ1n) is 6.53. The summed E-state index contributed by atoms with van der Waals surface area (Å²) in [7, 11) is 0. The molecule has 1 N–H and O–H groups in total. The largest absolute Gasteiger partial charge is 0.478 e. The number of pyridine rings is 1. The Kier molecular flexibility index (Phi) is 3.13. The Balaban J connectivity index is 2.15. The number of nitro groups is 1. The lowest BCUT2D eigenvalue weighted by molar-refractivity contribution is -0.389. The number of hydrogen-bond donors (Lipinski definition) is 1. The zero-order valence-electron chi connectivity index (χ0n) is 11.0. The van der Waals surface area contributed by atoms with E-state index in [1.165, 1.54) is 12.3 Å². The van der Waals surface area contributed by atoms with Gasteiger partial charge in [0.15, 0.2) is 5.82 Å². The first-order valence-corrected chi connectivity index (χ1v) is 6.53. The van der Waals surface area contributed by atoms with Gasteiger partial charge in [-0.3, -0.25) is 0 Å². The van der Waals surface area contributed by atoms with Gasteiger partial charge in [0.1, 0.15) is 5.56 Å². The van der Waals surface area contributed by atoms with E-state index in [4.69, 9.17) is 0 Å². The molecule has 2 aromatic heterocycles. The first-order chi connectivity index (χ1) is 10.1. The van der Waals surface area contributed by atoms with Gasteiger partial charge in [-0.25, -0.2) is 9.78 Å². The molecule has 0 unspecified atom stereocenters. The van der Waals surface area contributed by atoms with E-state index in [2.05, 4.69) is 10.1 Å². The Morgan fingerprint density at radius 3 is 2.81 bits per heavy atom. The van der Waals surface area contributed by atoms with Crippen LogP contribution in [0.1, 0.15) is 34.5 Å². The van der Waals surface area contributed by atoms with Gasteiger partial charge in [-0.2, -0.15) is 0 Å². The lowest BCUT2D eigenvalue weighted by Gasteiger charge is -2.16. The number of carboxylic acid groups (broad SMARTS) is 1. The normalized spacial score (nSPS) is 13.7.